The van der Waals surface area contributed by atoms with Gasteiger partial charge in [0.05, 0.1) is 7.11 Å². The third kappa shape index (κ3) is 3.27. The predicted octanol–water partition coefficient (Wildman–Crippen LogP) is 3.31. The summed E-state index contributed by atoms with van der Waals surface area (Å²) in [7, 11) is 6.06. The molecule has 0 aromatic heterocycles. The van der Waals surface area contributed by atoms with Crippen LogP contribution in [0.5, 0.6) is 5.75 Å². The van der Waals surface area contributed by atoms with Crippen molar-refractivity contribution in [2.24, 2.45) is 0 Å². The Morgan fingerprint density at radius 1 is 1.30 bits per heavy atom. The normalized spacial score (nSPS) is 17.6. The van der Waals surface area contributed by atoms with Gasteiger partial charge in [-0.1, -0.05) is 30.5 Å². The van der Waals surface area contributed by atoms with Gasteiger partial charge in [-0.05, 0) is 39.1 Å². The van der Waals surface area contributed by atoms with Crippen LogP contribution < -0.4 is 10.1 Å². The Kier molecular flexibility index (Phi) is 5.30. The number of nitrogens with one attached hydrogen (secondary N) is 1. The average Bonchev–Trinajstić information content (AvgIpc) is 2.90. The molecule has 4 heteroatoms. The zero-order valence-electron chi connectivity index (χ0n) is 12.7. The lowest BCUT2D eigenvalue weighted by Crippen LogP contribution is -2.49. The molecule has 1 aromatic carbocycles. The van der Waals surface area contributed by atoms with Gasteiger partial charge in [0.2, 0.25) is 0 Å². The second-order valence-electron chi connectivity index (χ2n) is 5.85. The molecule has 0 spiro atoms. The molecule has 0 radical (unpaired) electrons. The fourth-order valence-electron chi connectivity index (χ4n) is 3.14. The highest BCUT2D eigenvalue weighted by Gasteiger charge is 2.35. The van der Waals surface area contributed by atoms with Gasteiger partial charge in [0.1, 0.15) is 5.75 Å². The largest absolute Gasteiger partial charge is 0.496 e. The molecule has 0 atom stereocenters. The number of ether oxygens (including phenoxy) is 1. The van der Waals surface area contributed by atoms with Crippen molar-refractivity contribution < 1.29 is 4.74 Å². The molecule has 1 aliphatic rings. The number of likely N-dealkylation sites (N-methyl/N-ethyl adjacent to an activating group) is 1. The fraction of sp³-hybridized carbons (Fsp3) is 0.625. The molecule has 1 saturated carbocycles. The Balaban J connectivity index is 1.99. The monoisotopic (exact) mass is 296 g/mol. The Morgan fingerprint density at radius 3 is 2.60 bits per heavy atom. The first kappa shape index (κ1) is 15.6. The molecule has 0 aliphatic heterocycles. The van der Waals surface area contributed by atoms with E-state index in [0.717, 1.165) is 29.4 Å². The van der Waals surface area contributed by atoms with Crippen LogP contribution in [0.2, 0.25) is 5.02 Å². The van der Waals surface area contributed by atoms with Gasteiger partial charge in [0.25, 0.3) is 0 Å². The zero-order chi connectivity index (χ0) is 14.6. The van der Waals surface area contributed by atoms with E-state index >= 15 is 0 Å². The summed E-state index contributed by atoms with van der Waals surface area (Å²) in [6.45, 7) is 1.74. The molecular weight excluding hydrogens is 272 g/mol. The minimum Gasteiger partial charge on any atom is -0.496 e. The van der Waals surface area contributed by atoms with E-state index in [1.54, 1.807) is 7.11 Å². The van der Waals surface area contributed by atoms with Crippen LogP contribution in [0.4, 0.5) is 0 Å². The van der Waals surface area contributed by atoms with Gasteiger partial charge in [0, 0.05) is 29.2 Å². The lowest BCUT2D eigenvalue weighted by atomic mass is 9.96. The van der Waals surface area contributed by atoms with Gasteiger partial charge < -0.3 is 15.0 Å². The van der Waals surface area contributed by atoms with E-state index in [4.69, 9.17) is 16.3 Å². The molecule has 112 valence electrons. The molecule has 2 rings (SSSR count). The van der Waals surface area contributed by atoms with Crippen LogP contribution in [0.3, 0.4) is 0 Å². The highest BCUT2D eigenvalue weighted by Crippen LogP contribution is 2.33. The summed E-state index contributed by atoms with van der Waals surface area (Å²) in [5, 5.41) is 4.34. The Bertz CT molecular complexity index is 442. The SMILES string of the molecule is COc1cccc(Cl)c1CNCC1(N(C)C)CCCC1. The van der Waals surface area contributed by atoms with Crippen molar-refractivity contribution >= 4 is 11.6 Å². The predicted molar refractivity (Wildman–Crippen MR) is 84.6 cm³/mol. The molecule has 0 unspecified atom stereocenters. The topological polar surface area (TPSA) is 24.5 Å². The van der Waals surface area contributed by atoms with Crippen molar-refractivity contribution in [3.05, 3.63) is 28.8 Å². The molecule has 1 aromatic rings. The van der Waals surface area contributed by atoms with E-state index in [0.29, 0.717) is 5.54 Å². The number of nitrogens with zero attached hydrogens (tertiary/aromatic N) is 1. The first-order valence-corrected chi connectivity index (χ1v) is 7.66. The Labute approximate surface area is 127 Å². The van der Waals surface area contributed by atoms with Crippen LogP contribution >= 0.6 is 11.6 Å². The van der Waals surface area contributed by atoms with E-state index in [1.807, 2.05) is 18.2 Å². The third-order valence-electron chi connectivity index (χ3n) is 4.53. The highest BCUT2D eigenvalue weighted by atomic mass is 35.5. The standard InChI is InChI=1S/C16H25ClN2O/c1-19(2)16(9-4-5-10-16)12-18-11-13-14(17)7-6-8-15(13)20-3/h6-8,18H,4-5,9-12H2,1-3H3. The molecule has 0 saturated heterocycles. The number of hydrogen-bond donors (Lipinski definition) is 1. The maximum absolute atomic E-state index is 6.27. The Hall–Kier alpha value is -0.770. The number of hydrogen-bond acceptors (Lipinski definition) is 3. The molecule has 20 heavy (non-hydrogen) atoms. The van der Waals surface area contributed by atoms with Gasteiger partial charge in [-0.2, -0.15) is 0 Å². The number of methoxy groups -OCH3 is 1. The molecule has 1 N–H and O–H groups in total. The first-order chi connectivity index (χ1) is 9.59. The summed E-state index contributed by atoms with van der Waals surface area (Å²) in [4.78, 5) is 2.37. The van der Waals surface area contributed by atoms with Crippen molar-refractivity contribution in [3.8, 4) is 5.75 Å². The lowest BCUT2D eigenvalue weighted by Gasteiger charge is -2.36. The van der Waals surface area contributed by atoms with Gasteiger partial charge in [0.15, 0.2) is 0 Å². The van der Waals surface area contributed by atoms with Crippen LogP contribution in [0, 0.1) is 0 Å². The molecular formula is C16H25ClN2O. The molecule has 0 amide bonds. The summed E-state index contributed by atoms with van der Waals surface area (Å²) in [5.74, 6) is 0.857. The smallest absolute Gasteiger partial charge is 0.124 e. The lowest BCUT2D eigenvalue weighted by molar-refractivity contribution is 0.153. The summed E-state index contributed by atoms with van der Waals surface area (Å²) in [5.41, 5.74) is 1.35. The van der Waals surface area contributed by atoms with Crippen LogP contribution in [-0.2, 0) is 6.54 Å². The van der Waals surface area contributed by atoms with Crippen molar-refractivity contribution in [1.82, 2.24) is 10.2 Å². The second-order valence-corrected chi connectivity index (χ2v) is 6.26. The van der Waals surface area contributed by atoms with Gasteiger partial charge in [-0.25, -0.2) is 0 Å². The van der Waals surface area contributed by atoms with E-state index in [2.05, 4.69) is 24.3 Å². The summed E-state index contributed by atoms with van der Waals surface area (Å²) < 4.78 is 5.39. The Morgan fingerprint density at radius 2 is 2.00 bits per heavy atom. The summed E-state index contributed by atoms with van der Waals surface area (Å²) >= 11 is 6.27. The van der Waals surface area contributed by atoms with Crippen LogP contribution in [0.15, 0.2) is 18.2 Å². The van der Waals surface area contributed by atoms with E-state index < -0.39 is 0 Å². The van der Waals surface area contributed by atoms with Gasteiger partial charge in [-0.3, -0.25) is 0 Å². The minimum atomic E-state index is 0.300. The summed E-state index contributed by atoms with van der Waals surface area (Å²) in [6.07, 6.45) is 5.20. The number of halogens is 1. The number of rotatable bonds is 6. The maximum atomic E-state index is 6.27. The molecule has 0 bridgehead atoms. The average molecular weight is 297 g/mol. The third-order valence-corrected chi connectivity index (χ3v) is 4.89. The molecule has 1 aliphatic carbocycles. The van der Waals surface area contributed by atoms with E-state index in [1.165, 1.54) is 25.7 Å². The van der Waals surface area contributed by atoms with Crippen molar-refractivity contribution in [3.63, 3.8) is 0 Å². The van der Waals surface area contributed by atoms with Crippen LogP contribution in [-0.4, -0.2) is 38.2 Å². The number of benzene rings is 1. The highest BCUT2D eigenvalue weighted by molar-refractivity contribution is 6.31. The molecule has 3 nitrogen and oxygen atoms in total. The van der Waals surface area contributed by atoms with E-state index in [-0.39, 0.29) is 0 Å². The quantitative estimate of drug-likeness (QED) is 0.871. The zero-order valence-corrected chi connectivity index (χ0v) is 13.5. The first-order valence-electron chi connectivity index (χ1n) is 7.28. The van der Waals surface area contributed by atoms with Crippen molar-refractivity contribution in [2.75, 3.05) is 27.7 Å². The van der Waals surface area contributed by atoms with E-state index in [9.17, 15) is 0 Å². The molecule has 0 heterocycles. The second kappa shape index (κ2) is 6.79. The molecule has 1 fully saturated rings. The van der Waals surface area contributed by atoms with Gasteiger partial charge in [-0.15, -0.1) is 0 Å². The van der Waals surface area contributed by atoms with Crippen molar-refractivity contribution in [1.29, 1.82) is 0 Å². The van der Waals surface area contributed by atoms with Crippen LogP contribution in [0.25, 0.3) is 0 Å². The summed E-state index contributed by atoms with van der Waals surface area (Å²) in [6, 6.07) is 5.79. The minimum absolute atomic E-state index is 0.300. The van der Waals surface area contributed by atoms with Gasteiger partial charge >= 0.3 is 0 Å². The van der Waals surface area contributed by atoms with Crippen molar-refractivity contribution in [2.45, 2.75) is 37.8 Å². The maximum Gasteiger partial charge on any atom is 0.124 e. The van der Waals surface area contributed by atoms with Crippen LogP contribution in [0.1, 0.15) is 31.2 Å². The fourth-order valence-corrected chi connectivity index (χ4v) is 3.37.